The highest BCUT2D eigenvalue weighted by Crippen LogP contribution is 2.16. The van der Waals surface area contributed by atoms with E-state index in [-0.39, 0.29) is 12.3 Å². The molecule has 1 unspecified atom stereocenters. The quantitative estimate of drug-likeness (QED) is 0.706. The van der Waals surface area contributed by atoms with Crippen LogP contribution in [0.1, 0.15) is 5.56 Å². The minimum absolute atomic E-state index is 0.265. The first-order chi connectivity index (χ1) is 6.65. The molecule has 0 fully saturated rings. The van der Waals surface area contributed by atoms with Crippen LogP contribution in [-0.4, -0.2) is 21.4 Å². The maximum absolute atomic E-state index is 11.5. The summed E-state index contributed by atoms with van der Waals surface area (Å²) in [7, 11) is 0. The van der Waals surface area contributed by atoms with E-state index < -0.39 is 17.1 Å². The Morgan fingerprint density at radius 2 is 2.14 bits per heavy atom. The summed E-state index contributed by atoms with van der Waals surface area (Å²) >= 11 is -1.50. The fourth-order valence-corrected chi connectivity index (χ4v) is 2.14. The van der Waals surface area contributed by atoms with Gasteiger partial charge in [-0.15, -0.1) is 0 Å². The lowest BCUT2D eigenvalue weighted by Crippen LogP contribution is -2.17. The number of hydrogen-bond donors (Lipinski definition) is 2. The molecule has 0 radical (unpaired) electrons. The monoisotopic (exact) mass is 213 g/mol. The Kier molecular flexibility index (Phi) is 3.94. The SMILES string of the molecule is NCc1ccccc1[S+]([O-])CC(=O)O. The van der Waals surface area contributed by atoms with Gasteiger partial charge in [0.2, 0.25) is 5.75 Å². The van der Waals surface area contributed by atoms with Crippen LogP contribution >= 0.6 is 0 Å². The molecular formula is C9H11NO3S. The van der Waals surface area contributed by atoms with Crippen molar-refractivity contribution in [3.05, 3.63) is 29.8 Å². The number of aliphatic carboxylic acids is 1. The van der Waals surface area contributed by atoms with Crippen LogP contribution < -0.4 is 5.73 Å². The molecule has 0 spiro atoms. The molecule has 1 aromatic rings. The molecule has 0 saturated heterocycles. The van der Waals surface area contributed by atoms with Crippen LogP contribution in [0.25, 0.3) is 0 Å². The van der Waals surface area contributed by atoms with Gasteiger partial charge in [0.25, 0.3) is 0 Å². The Balaban J connectivity index is 2.87. The predicted molar refractivity (Wildman–Crippen MR) is 53.2 cm³/mol. The van der Waals surface area contributed by atoms with Crippen LogP contribution in [0, 0.1) is 0 Å². The first-order valence-corrected chi connectivity index (χ1v) is 5.35. The second-order valence-corrected chi connectivity index (χ2v) is 4.11. The van der Waals surface area contributed by atoms with Crippen molar-refractivity contribution in [2.75, 3.05) is 5.75 Å². The molecule has 0 aromatic heterocycles. The largest absolute Gasteiger partial charge is 0.611 e. The minimum Gasteiger partial charge on any atom is -0.611 e. The van der Waals surface area contributed by atoms with E-state index in [9.17, 15) is 9.35 Å². The third kappa shape index (κ3) is 2.73. The molecule has 0 bridgehead atoms. The van der Waals surface area contributed by atoms with Gasteiger partial charge < -0.3 is 15.4 Å². The second-order valence-electron chi connectivity index (χ2n) is 2.70. The standard InChI is InChI=1S/C9H11NO3S/c10-5-7-3-1-2-4-8(7)14(13)6-9(11)12/h1-4H,5-6,10H2,(H,11,12). The van der Waals surface area contributed by atoms with E-state index in [2.05, 4.69) is 0 Å². The van der Waals surface area contributed by atoms with Crippen molar-refractivity contribution in [2.45, 2.75) is 11.4 Å². The molecule has 0 heterocycles. The van der Waals surface area contributed by atoms with Gasteiger partial charge in [0, 0.05) is 12.1 Å². The van der Waals surface area contributed by atoms with Crippen LogP contribution in [0.5, 0.6) is 0 Å². The molecule has 1 aromatic carbocycles. The van der Waals surface area contributed by atoms with Gasteiger partial charge in [0.15, 0.2) is 4.90 Å². The van der Waals surface area contributed by atoms with Gasteiger partial charge in [-0.1, -0.05) is 18.2 Å². The molecule has 3 N–H and O–H groups in total. The second kappa shape index (κ2) is 4.99. The van der Waals surface area contributed by atoms with Crippen molar-refractivity contribution in [2.24, 2.45) is 5.73 Å². The van der Waals surface area contributed by atoms with Gasteiger partial charge in [0.1, 0.15) is 0 Å². The summed E-state index contributed by atoms with van der Waals surface area (Å²) in [5.74, 6) is -1.45. The molecule has 1 rings (SSSR count). The molecule has 14 heavy (non-hydrogen) atoms. The zero-order valence-electron chi connectivity index (χ0n) is 7.47. The number of carboxylic acid groups (broad SMARTS) is 1. The van der Waals surface area contributed by atoms with Gasteiger partial charge in [-0.25, -0.2) is 4.79 Å². The van der Waals surface area contributed by atoms with E-state index in [0.717, 1.165) is 5.56 Å². The zero-order valence-corrected chi connectivity index (χ0v) is 8.29. The van der Waals surface area contributed by atoms with Crippen molar-refractivity contribution >= 4 is 17.1 Å². The maximum Gasteiger partial charge on any atom is 0.354 e. The molecule has 0 amide bonds. The maximum atomic E-state index is 11.5. The summed E-state index contributed by atoms with van der Waals surface area (Å²) in [6, 6.07) is 6.88. The van der Waals surface area contributed by atoms with Crippen molar-refractivity contribution in [1.29, 1.82) is 0 Å². The number of carboxylic acids is 1. The smallest absolute Gasteiger partial charge is 0.354 e. The molecule has 4 nitrogen and oxygen atoms in total. The Hall–Kier alpha value is -1.04. The first kappa shape index (κ1) is 11.0. The Bertz CT molecular complexity index is 330. The minimum atomic E-state index is -1.50. The third-order valence-electron chi connectivity index (χ3n) is 1.69. The normalized spacial score (nSPS) is 12.4. The summed E-state index contributed by atoms with van der Waals surface area (Å²) < 4.78 is 11.5. The highest BCUT2D eigenvalue weighted by molar-refractivity contribution is 7.92. The van der Waals surface area contributed by atoms with Gasteiger partial charge >= 0.3 is 5.97 Å². The van der Waals surface area contributed by atoms with E-state index in [1.54, 1.807) is 24.3 Å². The van der Waals surface area contributed by atoms with E-state index in [4.69, 9.17) is 10.8 Å². The molecular weight excluding hydrogens is 202 g/mol. The van der Waals surface area contributed by atoms with Gasteiger partial charge in [0.05, 0.1) is 0 Å². The molecule has 0 aliphatic rings. The molecule has 76 valence electrons. The third-order valence-corrected chi connectivity index (χ3v) is 3.09. The van der Waals surface area contributed by atoms with E-state index in [1.165, 1.54) is 0 Å². The van der Waals surface area contributed by atoms with Crippen molar-refractivity contribution in [1.82, 2.24) is 0 Å². The molecule has 0 saturated carbocycles. The van der Waals surface area contributed by atoms with Gasteiger partial charge in [-0.05, 0) is 17.2 Å². The van der Waals surface area contributed by atoms with Crippen LogP contribution in [0.15, 0.2) is 29.2 Å². The van der Waals surface area contributed by atoms with Crippen LogP contribution in [-0.2, 0) is 22.5 Å². The average Bonchev–Trinajstić information content (AvgIpc) is 2.16. The summed E-state index contributed by atoms with van der Waals surface area (Å²) in [6.45, 7) is 0.265. The van der Waals surface area contributed by atoms with E-state index >= 15 is 0 Å². The van der Waals surface area contributed by atoms with Crippen molar-refractivity contribution in [3.8, 4) is 0 Å². The van der Waals surface area contributed by atoms with Gasteiger partial charge in [-0.2, -0.15) is 0 Å². The lowest BCUT2D eigenvalue weighted by molar-refractivity contribution is -0.134. The lowest BCUT2D eigenvalue weighted by atomic mass is 10.2. The number of carbonyl (C=O) groups is 1. The van der Waals surface area contributed by atoms with Gasteiger partial charge in [-0.3, -0.25) is 0 Å². The number of rotatable bonds is 4. The highest BCUT2D eigenvalue weighted by Gasteiger charge is 2.18. The van der Waals surface area contributed by atoms with Crippen LogP contribution in [0.2, 0.25) is 0 Å². The summed E-state index contributed by atoms with van der Waals surface area (Å²) in [6.07, 6.45) is 0. The van der Waals surface area contributed by atoms with Crippen molar-refractivity contribution in [3.63, 3.8) is 0 Å². The predicted octanol–water partition coefficient (Wildman–Crippen LogP) is 0.337. The fourth-order valence-electron chi connectivity index (χ4n) is 1.08. The fraction of sp³-hybridized carbons (Fsp3) is 0.222. The number of nitrogens with two attached hydrogens (primary N) is 1. The first-order valence-electron chi connectivity index (χ1n) is 4.03. The molecule has 0 aliphatic carbocycles. The summed E-state index contributed by atoms with van der Waals surface area (Å²) in [5.41, 5.74) is 6.17. The Labute approximate surface area is 84.9 Å². The van der Waals surface area contributed by atoms with Crippen LogP contribution in [0.3, 0.4) is 0 Å². The number of hydrogen-bond acceptors (Lipinski definition) is 3. The summed E-state index contributed by atoms with van der Waals surface area (Å²) in [4.78, 5) is 10.9. The Morgan fingerprint density at radius 3 is 2.71 bits per heavy atom. The highest BCUT2D eigenvalue weighted by atomic mass is 32.2. The number of benzene rings is 1. The molecule has 5 heteroatoms. The van der Waals surface area contributed by atoms with E-state index in [1.807, 2.05) is 0 Å². The molecule has 1 atom stereocenters. The van der Waals surface area contributed by atoms with Crippen LogP contribution in [0.4, 0.5) is 0 Å². The zero-order chi connectivity index (χ0) is 10.6. The topological polar surface area (TPSA) is 86.4 Å². The van der Waals surface area contributed by atoms with Crippen molar-refractivity contribution < 1.29 is 14.5 Å². The lowest BCUT2D eigenvalue weighted by Gasteiger charge is -2.10. The summed E-state index contributed by atoms with van der Waals surface area (Å²) in [5, 5.41) is 8.48. The van der Waals surface area contributed by atoms with E-state index in [0.29, 0.717) is 4.90 Å². The Morgan fingerprint density at radius 1 is 1.50 bits per heavy atom. The average molecular weight is 213 g/mol. The molecule has 0 aliphatic heterocycles.